The Kier molecular flexibility index (Phi) is 1.71. The van der Waals surface area contributed by atoms with Crippen LogP contribution < -0.4 is 11.3 Å². The van der Waals surface area contributed by atoms with Crippen LogP contribution in [0.2, 0.25) is 0 Å². The van der Waals surface area contributed by atoms with E-state index in [1.54, 1.807) is 17.5 Å². The third-order valence-corrected chi connectivity index (χ3v) is 2.83. The third-order valence-electron chi connectivity index (χ3n) is 1.71. The molecular formula is C8H8N2OS. The van der Waals surface area contributed by atoms with Crippen LogP contribution in [0.25, 0.3) is 10.1 Å². The Balaban J connectivity index is 2.83. The molecule has 62 valence electrons. The van der Waals surface area contributed by atoms with Crippen molar-refractivity contribution in [1.82, 2.24) is 4.98 Å². The van der Waals surface area contributed by atoms with Gasteiger partial charge in [-0.05, 0) is 12.1 Å². The molecule has 0 bridgehead atoms. The van der Waals surface area contributed by atoms with Crippen LogP contribution in [0.4, 0.5) is 0 Å². The maximum atomic E-state index is 11.2. The molecule has 0 aromatic carbocycles. The normalized spacial score (nSPS) is 10.8. The summed E-state index contributed by atoms with van der Waals surface area (Å²) >= 11 is 1.57. The zero-order chi connectivity index (χ0) is 8.55. The fourth-order valence-corrected chi connectivity index (χ4v) is 2.07. The van der Waals surface area contributed by atoms with Gasteiger partial charge in [0.05, 0.1) is 5.39 Å². The van der Waals surface area contributed by atoms with Crippen molar-refractivity contribution in [3.8, 4) is 0 Å². The Morgan fingerprint density at radius 1 is 1.58 bits per heavy atom. The van der Waals surface area contributed by atoms with Crippen molar-refractivity contribution in [1.29, 1.82) is 0 Å². The molecule has 3 nitrogen and oxygen atoms in total. The quantitative estimate of drug-likeness (QED) is 0.689. The third kappa shape index (κ3) is 1.05. The summed E-state index contributed by atoms with van der Waals surface area (Å²) in [4.78, 5) is 14.9. The van der Waals surface area contributed by atoms with Crippen LogP contribution in [0.1, 0.15) is 4.88 Å². The standard InChI is InChI=1S/C8H8N2OS/c9-4-5-3-6-7(12-5)1-2-10-8(6)11/h1-3H,4,9H2,(H,10,11). The molecule has 2 aromatic rings. The lowest BCUT2D eigenvalue weighted by Gasteiger charge is -1.83. The average molecular weight is 180 g/mol. The number of hydrogen-bond donors (Lipinski definition) is 2. The van der Waals surface area contributed by atoms with E-state index < -0.39 is 0 Å². The zero-order valence-electron chi connectivity index (χ0n) is 6.33. The summed E-state index contributed by atoms with van der Waals surface area (Å²) in [5, 5.41) is 0.739. The predicted octanol–water partition coefficient (Wildman–Crippen LogP) is 1.05. The van der Waals surface area contributed by atoms with Gasteiger partial charge >= 0.3 is 0 Å². The molecule has 2 aromatic heterocycles. The molecule has 4 heteroatoms. The molecule has 0 aliphatic rings. The highest BCUT2D eigenvalue weighted by Gasteiger charge is 2.01. The predicted molar refractivity (Wildman–Crippen MR) is 50.3 cm³/mol. The Morgan fingerprint density at radius 3 is 3.08 bits per heavy atom. The molecule has 0 spiro atoms. The van der Waals surface area contributed by atoms with Crippen LogP contribution in [-0.4, -0.2) is 4.98 Å². The number of fused-ring (bicyclic) bond motifs is 1. The highest BCUT2D eigenvalue weighted by molar-refractivity contribution is 7.19. The first kappa shape index (κ1) is 7.52. The fraction of sp³-hybridized carbons (Fsp3) is 0.125. The van der Waals surface area contributed by atoms with E-state index in [0.717, 1.165) is 15.0 Å². The number of nitrogens with one attached hydrogen (secondary N) is 1. The minimum absolute atomic E-state index is 0.0385. The summed E-state index contributed by atoms with van der Waals surface area (Å²) in [5.74, 6) is 0. The molecule has 2 heterocycles. The van der Waals surface area contributed by atoms with Crippen molar-refractivity contribution in [2.24, 2.45) is 5.73 Å². The van der Waals surface area contributed by atoms with Crippen LogP contribution in [0.15, 0.2) is 23.1 Å². The highest BCUT2D eigenvalue weighted by atomic mass is 32.1. The largest absolute Gasteiger partial charge is 0.329 e. The molecule has 12 heavy (non-hydrogen) atoms. The van der Waals surface area contributed by atoms with E-state index >= 15 is 0 Å². The Morgan fingerprint density at radius 2 is 2.42 bits per heavy atom. The van der Waals surface area contributed by atoms with Crippen LogP contribution in [-0.2, 0) is 6.54 Å². The van der Waals surface area contributed by atoms with Gasteiger partial charge in [-0.15, -0.1) is 11.3 Å². The van der Waals surface area contributed by atoms with Gasteiger partial charge in [0.15, 0.2) is 0 Å². The molecule has 0 saturated heterocycles. The highest BCUT2D eigenvalue weighted by Crippen LogP contribution is 2.21. The molecule has 0 fully saturated rings. The number of nitrogens with two attached hydrogens (primary N) is 1. The number of H-pyrrole nitrogens is 1. The van der Waals surface area contributed by atoms with Gasteiger partial charge in [-0.3, -0.25) is 4.79 Å². The van der Waals surface area contributed by atoms with Crippen molar-refractivity contribution < 1.29 is 0 Å². The van der Waals surface area contributed by atoms with Gasteiger partial charge in [0.25, 0.3) is 5.56 Å². The van der Waals surface area contributed by atoms with Gasteiger partial charge in [0.1, 0.15) is 0 Å². The maximum Gasteiger partial charge on any atom is 0.256 e. The number of aromatic amines is 1. The molecule has 0 saturated carbocycles. The van der Waals surface area contributed by atoms with Gasteiger partial charge in [0.2, 0.25) is 0 Å². The first-order chi connectivity index (χ1) is 5.81. The van der Waals surface area contributed by atoms with Crippen molar-refractivity contribution in [3.05, 3.63) is 33.6 Å². The average Bonchev–Trinajstić information content (AvgIpc) is 2.49. The Labute approximate surface area is 72.8 Å². The molecule has 2 rings (SSSR count). The van der Waals surface area contributed by atoms with Crippen molar-refractivity contribution in [2.45, 2.75) is 6.54 Å². The molecular weight excluding hydrogens is 172 g/mol. The number of pyridine rings is 1. The molecule has 0 radical (unpaired) electrons. The second-order valence-corrected chi connectivity index (χ2v) is 3.67. The SMILES string of the molecule is NCc1cc2c(=O)[nH]ccc2s1. The Hall–Kier alpha value is -1.13. The van der Waals surface area contributed by atoms with Crippen LogP contribution in [0.3, 0.4) is 0 Å². The van der Waals surface area contributed by atoms with Gasteiger partial charge in [-0.2, -0.15) is 0 Å². The maximum absolute atomic E-state index is 11.2. The van der Waals surface area contributed by atoms with Crippen molar-refractivity contribution >= 4 is 21.4 Å². The van der Waals surface area contributed by atoms with Crippen molar-refractivity contribution in [3.63, 3.8) is 0 Å². The number of aromatic nitrogens is 1. The first-order valence-electron chi connectivity index (χ1n) is 3.61. The summed E-state index contributed by atoms with van der Waals surface area (Å²) < 4.78 is 0.999. The Bertz CT molecular complexity index is 457. The van der Waals surface area contributed by atoms with Crippen molar-refractivity contribution in [2.75, 3.05) is 0 Å². The second kappa shape index (κ2) is 2.73. The van der Waals surface area contributed by atoms with E-state index in [-0.39, 0.29) is 5.56 Å². The number of rotatable bonds is 1. The zero-order valence-corrected chi connectivity index (χ0v) is 7.15. The van der Waals surface area contributed by atoms with Gasteiger partial charge in [-0.25, -0.2) is 0 Å². The first-order valence-corrected chi connectivity index (χ1v) is 4.43. The van der Waals surface area contributed by atoms with E-state index in [4.69, 9.17) is 5.73 Å². The number of thiophene rings is 1. The van der Waals surface area contributed by atoms with Crippen LogP contribution >= 0.6 is 11.3 Å². The van der Waals surface area contributed by atoms with E-state index in [1.807, 2.05) is 12.1 Å². The lowest BCUT2D eigenvalue weighted by Crippen LogP contribution is -2.02. The monoisotopic (exact) mass is 180 g/mol. The summed E-state index contributed by atoms with van der Waals surface area (Å²) in [6.07, 6.45) is 1.65. The molecule has 0 atom stereocenters. The summed E-state index contributed by atoms with van der Waals surface area (Å²) in [5.41, 5.74) is 5.42. The van der Waals surface area contributed by atoms with E-state index in [1.165, 1.54) is 0 Å². The summed E-state index contributed by atoms with van der Waals surface area (Å²) in [7, 11) is 0. The summed E-state index contributed by atoms with van der Waals surface area (Å²) in [6.45, 7) is 0.499. The van der Waals surface area contributed by atoms with E-state index in [9.17, 15) is 4.79 Å². The molecule has 3 N–H and O–H groups in total. The van der Waals surface area contributed by atoms with E-state index in [0.29, 0.717) is 6.54 Å². The van der Waals surface area contributed by atoms with Gasteiger partial charge in [-0.1, -0.05) is 0 Å². The molecule has 0 aliphatic carbocycles. The second-order valence-electron chi connectivity index (χ2n) is 2.50. The minimum atomic E-state index is -0.0385. The lowest BCUT2D eigenvalue weighted by atomic mass is 10.3. The minimum Gasteiger partial charge on any atom is -0.329 e. The lowest BCUT2D eigenvalue weighted by molar-refractivity contribution is 1.11. The van der Waals surface area contributed by atoms with Crippen LogP contribution in [0.5, 0.6) is 0 Å². The molecule has 0 amide bonds. The molecule has 0 unspecified atom stereocenters. The fourth-order valence-electron chi connectivity index (χ4n) is 1.13. The topological polar surface area (TPSA) is 58.9 Å². The molecule has 0 aliphatic heterocycles. The van der Waals surface area contributed by atoms with Crippen LogP contribution in [0, 0.1) is 0 Å². The van der Waals surface area contributed by atoms with E-state index in [2.05, 4.69) is 4.98 Å². The summed E-state index contributed by atoms with van der Waals surface area (Å²) in [6, 6.07) is 3.74. The van der Waals surface area contributed by atoms with Gasteiger partial charge < -0.3 is 10.7 Å². The number of hydrogen-bond acceptors (Lipinski definition) is 3. The van der Waals surface area contributed by atoms with Gasteiger partial charge in [0, 0.05) is 22.3 Å². The smallest absolute Gasteiger partial charge is 0.256 e.